The minimum absolute atomic E-state index is 0.0167. The topological polar surface area (TPSA) is 267 Å². The van der Waals surface area contributed by atoms with E-state index in [1.165, 1.54) is 46.8 Å². The van der Waals surface area contributed by atoms with Gasteiger partial charge in [-0.05, 0) is 84.5 Å². The number of likely N-dealkylation sites (tertiary alicyclic amines) is 1. The zero-order valence-electron chi connectivity index (χ0n) is 45.9. The van der Waals surface area contributed by atoms with Crippen LogP contribution in [0.3, 0.4) is 0 Å². The molecule has 2 atom stereocenters. The Morgan fingerprint density at radius 3 is 2.14 bits per heavy atom. The molecule has 5 N–H and O–H groups in total. The number of aromatic nitrogens is 5. The highest BCUT2D eigenvalue weighted by molar-refractivity contribution is 8.76. The summed E-state index contributed by atoms with van der Waals surface area (Å²) in [6.45, 7) is 5.48. The quantitative estimate of drug-likeness (QED) is 0.0115. The van der Waals surface area contributed by atoms with E-state index in [2.05, 4.69) is 27.5 Å². The predicted octanol–water partition coefficient (Wildman–Crippen LogP) is 7.33. The summed E-state index contributed by atoms with van der Waals surface area (Å²) < 4.78 is 34.5. The van der Waals surface area contributed by atoms with Crippen LogP contribution in [0.2, 0.25) is 0 Å². The fourth-order valence-electron chi connectivity index (χ4n) is 9.54. The zero-order valence-corrected chi connectivity index (χ0v) is 47.5. The van der Waals surface area contributed by atoms with Crippen LogP contribution in [0.5, 0.6) is 11.5 Å². The lowest BCUT2D eigenvalue weighted by molar-refractivity contribution is -0.116. The number of anilines is 4. The van der Waals surface area contributed by atoms with Gasteiger partial charge in [-0.2, -0.15) is 0 Å². The zero-order chi connectivity index (χ0) is 57.9. The predicted molar refractivity (Wildman–Crippen MR) is 306 cm³/mol. The molecule has 2 aliphatic heterocycles. The number of esters is 1. The van der Waals surface area contributed by atoms with Crippen molar-refractivity contribution in [1.29, 1.82) is 0 Å². The molecule has 23 nitrogen and oxygen atoms in total. The Hall–Kier alpha value is -8.42. The molecule has 428 valence electrons. The second kappa shape index (κ2) is 26.7. The van der Waals surface area contributed by atoms with Crippen molar-refractivity contribution in [3.8, 4) is 11.5 Å². The van der Waals surface area contributed by atoms with Crippen molar-refractivity contribution < 1.29 is 57.2 Å². The molecule has 1 unspecified atom stereocenters. The summed E-state index contributed by atoms with van der Waals surface area (Å²) in [6.07, 6.45) is 9.45. The van der Waals surface area contributed by atoms with Crippen LogP contribution in [0.25, 0.3) is 0 Å². The summed E-state index contributed by atoms with van der Waals surface area (Å²) in [5.74, 6) is -1.05. The second-order valence-electron chi connectivity index (χ2n) is 19.4. The smallest absolute Gasteiger partial charge is 0.412 e. The van der Waals surface area contributed by atoms with E-state index in [1.807, 2.05) is 18.2 Å². The molecule has 0 aliphatic carbocycles. The minimum atomic E-state index is -0.736. The van der Waals surface area contributed by atoms with Gasteiger partial charge >= 0.3 is 12.1 Å². The Morgan fingerprint density at radius 2 is 1.43 bits per heavy atom. The van der Waals surface area contributed by atoms with Crippen molar-refractivity contribution in [3.63, 3.8) is 0 Å². The molecule has 5 amide bonds. The average molecular weight is 1150 g/mol. The van der Waals surface area contributed by atoms with E-state index in [-0.39, 0.29) is 72.8 Å². The summed E-state index contributed by atoms with van der Waals surface area (Å²) in [4.78, 5) is 99.9. The molecule has 6 aromatic rings. The summed E-state index contributed by atoms with van der Waals surface area (Å²) >= 11 is 0. The number of aryl methyl sites for hydroxylation is 4. The number of ketones is 1. The lowest BCUT2D eigenvalue weighted by Crippen LogP contribution is -2.51. The number of nitrogens with zero attached hydrogens (tertiary/aromatic N) is 7. The third kappa shape index (κ3) is 14.5. The number of amides is 5. The average Bonchev–Trinajstić information content (AvgIpc) is 4.38. The van der Waals surface area contributed by atoms with Gasteiger partial charge in [-0.25, -0.2) is 14.6 Å². The fraction of sp³-hybridized carbons (Fsp3) is 0.357. The number of nitrogen functional groups attached to an aromatic ring is 1. The number of ether oxygens (including phenoxy) is 5. The van der Waals surface area contributed by atoms with Gasteiger partial charge in [-0.1, -0.05) is 29.0 Å². The van der Waals surface area contributed by atoms with E-state index in [0.29, 0.717) is 90.1 Å². The van der Waals surface area contributed by atoms with E-state index in [1.54, 1.807) is 113 Å². The van der Waals surface area contributed by atoms with Crippen LogP contribution >= 0.6 is 21.6 Å². The van der Waals surface area contributed by atoms with Crippen LogP contribution in [-0.2, 0) is 53.6 Å². The molecule has 25 heteroatoms. The van der Waals surface area contributed by atoms with Gasteiger partial charge in [0.25, 0.3) is 17.7 Å². The van der Waals surface area contributed by atoms with E-state index < -0.39 is 36.1 Å². The highest BCUT2D eigenvalue weighted by atomic mass is 33.1. The lowest BCUT2D eigenvalue weighted by atomic mass is 10.1. The first-order valence-corrected chi connectivity index (χ1v) is 28.2. The van der Waals surface area contributed by atoms with E-state index >= 15 is 0 Å². The van der Waals surface area contributed by atoms with Gasteiger partial charge in [0.15, 0.2) is 23.5 Å². The molecule has 1 aromatic carbocycles. The molecule has 0 saturated carbocycles. The normalized spacial score (nSPS) is 14.9. The molecule has 0 bridgehead atoms. The molecule has 7 heterocycles. The Kier molecular flexibility index (Phi) is 19.4. The van der Waals surface area contributed by atoms with Crippen molar-refractivity contribution in [1.82, 2.24) is 33.1 Å². The third-order valence-corrected chi connectivity index (χ3v) is 15.7. The van der Waals surface area contributed by atoms with Gasteiger partial charge in [-0.15, -0.1) is 0 Å². The number of nitrogens with one attached hydrogen (secondary N) is 3. The Bertz CT molecular complexity index is 3330. The number of carbonyl (C=O) groups is 7. The number of nitrogens with two attached hydrogens (primary N) is 1. The monoisotopic (exact) mass is 1150 g/mol. The van der Waals surface area contributed by atoms with Gasteiger partial charge in [0, 0.05) is 96.1 Å². The highest BCUT2D eigenvalue weighted by Crippen LogP contribution is 2.37. The van der Waals surface area contributed by atoms with E-state index in [4.69, 9.17) is 29.4 Å². The standard InChI is InChI=1S/C56H65N11O12S2/c1-34-21-44(54-66(16-18-78-54)56(74)79-19-20-80-81-50-14-10-11-15-58-50)67(29-34)53(72)39-27-47(75-6)48(28-40(39)57)77-17-12-8-9-13-49(69)59-36-25-43(64(4)31-36)52(71)60-37-24-41(63(3)32-37)46(68)23-35-22-42(62(2)30-35)51(70)61-38-26-45(55(73)76-7)65(5)33-38/h10-11,14-15,22,24-28,30-33,44,54H,1,8-9,12-13,16-21,23,29,57H2,2-7H3,(H,59,69)(H,60,71)(H,61,70)/t44-,54?/m0/s1. The van der Waals surface area contributed by atoms with Crippen molar-refractivity contribution in [3.05, 3.63) is 132 Å². The highest BCUT2D eigenvalue weighted by Gasteiger charge is 2.45. The number of unbranched alkanes of at least 4 members (excludes halogenated alkanes) is 2. The van der Waals surface area contributed by atoms with Gasteiger partial charge in [0.05, 0.1) is 68.3 Å². The van der Waals surface area contributed by atoms with Gasteiger partial charge in [0.2, 0.25) is 5.91 Å². The van der Waals surface area contributed by atoms with E-state index in [9.17, 15) is 33.6 Å². The van der Waals surface area contributed by atoms with Crippen molar-refractivity contribution >= 4 is 85.8 Å². The number of hydrogen-bond acceptors (Lipinski definition) is 16. The summed E-state index contributed by atoms with van der Waals surface area (Å²) in [7, 11) is 12.5. The van der Waals surface area contributed by atoms with Gasteiger partial charge in [0.1, 0.15) is 28.7 Å². The number of benzene rings is 1. The SMILES string of the molecule is C=C1C[C@@H](C2OCCN2C(=O)OCCSSc2ccccn2)N(C(=O)c2cc(OC)c(OCCCCCC(=O)Nc3cc(C(=O)Nc4cc(C(=O)Cc5cc(C(=O)Nc6cc(C(=O)OC)n(C)c6)n(C)c5)n(C)c4)n(C)c3)cc2N)C1. The molecule has 2 saturated heterocycles. The first kappa shape index (κ1) is 58.7. The van der Waals surface area contributed by atoms with Gasteiger partial charge in [-0.3, -0.25) is 28.9 Å². The van der Waals surface area contributed by atoms with E-state index in [0.717, 1.165) is 10.6 Å². The van der Waals surface area contributed by atoms with Gasteiger partial charge < -0.3 is 68.5 Å². The largest absolute Gasteiger partial charge is 0.493 e. The summed E-state index contributed by atoms with van der Waals surface area (Å²) in [5.41, 5.74) is 10.7. The van der Waals surface area contributed by atoms with Crippen molar-refractivity contribution in [2.75, 3.05) is 74.6 Å². The molecule has 81 heavy (non-hydrogen) atoms. The van der Waals surface area contributed by atoms with Crippen LogP contribution < -0.4 is 31.2 Å². The number of pyridine rings is 1. The Morgan fingerprint density at radius 1 is 0.765 bits per heavy atom. The van der Waals surface area contributed by atoms with Crippen molar-refractivity contribution in [2.45, 2.75) is 55.8 Å². The van der Waals surface area contributed by atoms with Crippen LogP contribution in [0.1, 0.15) is 90.0 Å². The number of methoxy groups -OCH3 is 2. The summed E-state index contributed by atoms with van der Waals surface area (Å²) in [5, 5.41) is 9.33. The van der Waals surface area contributed by atoms with Crippen LogP contribution in [-0.4, -0.2) is 140 Å². The Labute approximate surface area is 475 Å². The van der Waals surface area contributed by atoms with Crippen LogP contribution in [0.15, 0.2) is 103 Å². The molecule has 2 aliphatic rings. The fourth-order valence-corrected chi connectivity index (χ4v) is 11.2. The maximum absolute atomic E-state index is 14.2. The Balaban J connectivity index is 0.759. The first-order chi connectivity index (χ1) is 38.9. The molecular weight excluding hydrogens is 1080 g/mol. The third-order valence-electron chi connectivity index (χ3n) is 13.5. The van der Waals surface area contributed by atoms with Crippen LogP contribution in [0.4, 0.5) is 27.5 Å². The maximum atomic E-state index is 14.2. The number of rotatable bonds is 24. The molecule has 0 spiro atoms. The molecule has 0 radical (unpaired) electrons. The van der Waals surface area contributed by atoms with Crippen LogP contribution in [0, 0.1) is 0 Å². The minimum Gasteiger partial charge on any atom is -0.493 e. The second-order valence-corrected chi connectivity index (χ2v) is 21.8. The molecular formula is C56H65N11O12S2. The molecule has 5 aromatic heterocycles. The van der Waals surface area contributed by atoms with Crippen molar-refractivity contribution in [2.24, 2.45) is 28.2 Å². The molecule has 2 fully saturated rings. The first-order valence-electron chi connectivity index (χ1n) is 25.9. The molecule has 8 rings (SSSR count). The summed E-state index contributed by atoms with van der Waals surface area (Å²) in [6, 6.07) is 14.5. The number of carbonyl (C=O) groups excluding carboxylic acids is 7. The number of Topliss-reactive ketones (excluding diaryl/α,β-unsaturated/α-hetero) is 1. The number of hydrogen-bond donors (Lipinski definition) is 4. The maximum Gasteiger partial charge on any atom is 0.412 e. The lowest BCUT2D eigenvalue weighted by Gasteiger charge is -2.33.